The molecular weight excluding hydrogens is 356 g/mol. The number of nitrogens with zero attached hydrogens (tertiary/aromatic N) is 1. The van der Waals surface area contributed by atoms with E-state index in [0.29, 0.717) is 21.9 Å². The second kappa shape index (κ2) is 6.14. The minimum Gasteiger partial charge on any atom is -0.485 e. The number of rotatable bonds is 5. The third kappa shape index (κ3) is 3.67. The Morgan fingerprint density at radius 3 is 2.87 bits per heavy atom. The third-order valence-electron chi connectivity index (χ3n) is 3.13. The second-order valence-corrected chi connectivity index (χ2v) is 8.89. The van der Waals surface area contributed by atoms with Gasteiger partial charge in [-0.05, 0) is 12.5 Å². The molecule has 0 bridgehead atoms. The zero-order valence-electron chi connectivity index (χ0n) is 12.5. The number of sulfonamides is 1. The summed E-state index contributed by atoms with van der Waals surface area (Å²) in [7, 11) is -3.44. The van der Waals surface area contributed by atoms with Crippen molar-refractivity contribution < 1.29 is 17.9 Å². The van der Waals surface area contributed by atoms with Gasteiger partial charge < -0.3 is 4.74 Å². The highest BCUT2D eigenvalue weighted by atomic mass is 32.2. The molecule has 0 atom stereocenters. The summed E-state index contributed by atoms with van der Waals surface area (Å²) in [6, 6.07) is 3.22. The lowest BCUT2D eigenvalue weighted by molar-refractivity contribution is 0.0961. The second-order valence-electron chi connectivity index (χ2n) is 4.99. The molecule has 6 nitrogen and oxygen atoms in total. The largest absolute Gasteiger partial charge is 0.485 e. The highest BCUT2D eigenvalue weighted by Gasteiger charge is 2.25. The Kier molecular flexibility index (Phi) is 4.35. The van der Waals surface area contributed by atoms with Crippen molar-refractivity contribution >= 4 is 44.6 Å². The van der Waals surface area contributed by atoms with Crippen molar-refractivity contribution in [3.05, 3.63) is 28.8 Å². The predicted octanol–water partition coefficient (Wildman–Crippen LogP) is 2.80. The number of fused-ring (bicyclic) bond motifs is 1. The standard InChI is InChI=1S/C14H14N2O4S3/c1-3-8-7-21-14(15-8)22-13-4-9-11(17)6-20-12(9)5-10(13)16-23(2,18)19/h4-5,7,16H,3,6H2,1-2H3. The van der Waals surface area contributed by atoms with E-state index < -0.39 is 10.0 Å². The minimum atomic E-state index is -3.44. The fourth-order valence-electron chi connectivity index (χ4n) is 2.07. The molecule has 0 saturated heterocycles. The van der Waals surface area contributed by atoms with Crippen molar-refractivity contribution in [2.45, 2.75) is 22.6 Å². The minimum absolute atomic E-state index is 0.0149. The lowest BCUT2D eigenvalue weighted by Crippen LogP contribution is -2.10. The molecule has 0 radical (unpaired) electrons. The van der Waals surface area contributed by atoms with Crippen LogP contribution in [0.25, 0.3) is 0 Å². The van der Waals surface area contributed by atoms with Crippen LogP contribution < -0.4 is 9.46 Å². The van der Waals surface area contributed by atoms with Gasteiger partial charge in [0.2, 0.25) is 15.8 Å². The number of hydrogen-bond donors (Lipinski definition) is 1. The molecule has 1 aliphatic heterocycles. The van der Waals surface area contributed by atoms with Gasteiger partial charge in [-0.25, -0.2) is 13.4 Å². The Balaban J connectivity index is 2.01. The van der Waals surface area contributed by atoms with E-state index in [0.717, 1.165) is 22.7 Å². The van der Waals surface area contributed by atoms with Gasteiger partial charge in [-0.1, -0.05) is 18.7 Å². The van der Waals surface area contributed by atoms with Crippen LogP contribution in [0.1, 0.15) is 23.0 Å². The monoisotopic (exact) mass is 370 g/mol. The molecule has 0 unspecified atom stereocenters. The van der Waals surface area contributed by atoms with Gasteiger partial charge in [0.25, 0.3) is 0 Å². The molecule has 1 aromatic carbocycles. The van der Waals surface area contributed by atoms with Crippen molar-refractivity contribution in [3.8, 4) is 5.75 Å². The average molecular weight is 370 g/mol. The molecule has 0 amide bonds. The van der Waals surface area contributed by atoms with Gasteiger partial charge >= 0.3 is 0 Å². The number of nitrogens with one attached hydrogen (secondary N) is 1. The van der Waals surface area contributed by atoms with Gasteiger partial charge in [0.1, 0.15) is 5.75 Å². The summed E-state index contributed by atoms with van der Waals surface area (Å²) in [4.78, 5) is 16.9. The van der Waals surface area contributed by atoms with Crippen molar-refractivity contribution in [3.63, 3.8) is 0 Å². The average Bonchev–Trinajstić information content (AvgIpc) is 3.06. The van der Waals surface area contributed by atoms with E-state index in [4.69, 9.17) is 4.74 Å². The van der Waals surface area contributed by atoms with Crippen LogP contribution in [0.2, 0.25) is 0 Å². The summed E-state index contributed by atoms with van der Waals surface area (Å²) in [5, 5.41) is 1.97. The maximum absolute atomic E-state index is 11.8. The first-order valence-corrected chi connectivity index (χ1v) is 10.4. The smallest absolute Gasteiger partial charge is 0.229 e. The summed E-state index contributed by atoms with van der Waals surface area (Å²) in [5.74, 6) is 0.292. The van der Waals surface area contributed by atoms with E-state index >= 15 is 0 Å². The number of ether oxygens (including phenoxy) is 1. The lowest BCUT2D eigenvalue weighted by atomic mass is 10.1. The van der Waals surface area contributed by atoms with E-state index in [1.54, 1.807) is 12.1 Å². The van der Waals surface area contributed by atoms with E-state index in [9.17, 15) is 13.2 Å². The molecule has 23 heavy (non-hydrogen) atoms. The first kappa shape index (κ1) is 16.3. The molecule has 9 heteroatoms. The Bertz CT molecular complexity index is 874. The van der Waals surface area contributed by atoms with E-state index in [1.165, 1.54) is 23.1 Å². The van der Waals surface area contributed by atoms with Gasteiger partial charge in [-0.2, -0.15) is 0 Å². The molecule has 1 N–H and O–H groups in total. The molecular formula is C14H14N2O4S3. The number of aromatic nitrogens is 1. The molecule has 0 fully saturated rings. The number of aryl methyl sites for hydroxylation is 1. The molecule has 3 rings (SSSR count). The number of benzene rings is 1. The van der Waals surface area contributed by atoms with Crippen molar-refractivity contribution in [1.82, 2.24) is 4.98 Å². The van der Waals surface area contributed by atoms with Crippen LogP contribution in [0.3, 0.4) is 0 Å². The third-order valence-corrected chi connectivity index (χ3v) is 5.76. The van der Waals surface area contributed by atoms with E-state index in [2.05, 4.69) is 9.71 Å². The van der Waals surface area contributed by atoms with Crippen molar-refractivity contribution in [2.75, 3.05) is 17.6 Å². The van der Waals surface area contributed by atoms with Crippen LogP contribution in [0, 0.1) is 0 Å². The zero-order valence-corrected chi connectivity index (χ0v) is 14.9. The predicted molar refractivity (Wildman–Crippen MR) is 90.3 cm³/mol. The number of Topliss-reactive ketones (excluding diaryl/α,β-unsaturated/α-hetero) is 1. The van der Waals surface area contributed by atoms with Gasteiger partial charge in [0, 0.05) is 16.3 Å². The normalized spacial score (nSPS) is 13.7. The summed E-state index contributed by atoms with van der Waals surface area (Å²) < 4.78 is 31.7. The topological polar surface area (TPSA) is 85.4 Å². The van der Waals surface area contributed by atoms with Crippen molar-refractivity contribution in [1.29, 1.82) is 0 Å². The summed E-state index contributed by atoms with van der Waals surface area (Å²) in [6.45, 7) is 2.00. The van der Waals surface area contributed by atoms with Crippen molar-refractivity contribution in [2.24, 2.45) is 0 Å². The van der Waals surface area contributed by atoms with Crippen LogP contribution in [-0.2, 0) is 16.4 Å². The molecule has 2 aromatic rings. The molecule has 0 aliphatic carbocycles. The first-order valence-electron chi connectivity index (χ1n) is 6.80. The zero-order chi connectivity index (χ0) is 16.6. The summed E-state index contributed by atoms with van der Waals surface area (Å²) >= 11 is 2.82. The SMILES string of the molecule is CCc1csc(Sc2cc3c(cc2NS(C)(=O)=O)OCC3=O)n1. The Morgan fingerprint density at radius 2 is 2.22 bits per heavy atom. The molecule has 0 saturated carbocycles. The van der Waals surface area contributed by atoms with Gasteiger partial charge in [0.15, 0.2) is 10.9 Å². The molecule has 122 valence electrons. The fraction of sp³-hybridized carbons (Fsp3) is 0.286. The number of anilines is 1. The Hall–Kier alpha value is -1.58. The van der Waals surface area contributed by atoms with Crippen LogP contribution >= 0.6 is 23.1 Å². The Morgan fingerprint density at radius 1 is 1.43 bits per heavy atom. The maximum atomic E-state index is 11.8. The van der Waals surface area contributed by atoms with Gasteiger partial charge in [0.05, 0.1) is 23.2 Å². The number of hydrogen-bond acceptors (Lipinski definition) is 7. The van der Waals surface area contributed by atoms with E-state index in [-0.39, 0.29) is 12.4 Å². The maximum Gasteiger partial charge on any atom is 0.229 e. The summed E-state index contributed by atoms with van der Waals surface area (Å²) in [5.41, 5.74) is 1.84. The van der Waals surface area contributed by atoms with E-state index in [1.807, 2.05) is 12.3 Å². The molecule has 0 spiro atoms. The quantitative estimate of drug-likeness (QED) is 0.871. The first-order chi connectivity index (χ1) is 10.9. The molecule has 2 heterocycles. The van der Waals surface area contributed by atoms with Gasteiger partial charge in [-0.3, -0.25) is 9.52 Å². The fourth-order valence-corrected chi connectivity index (χ4v) is 4.69. The Labute approximate surface area is 142 Å². The number of thiazole rings is 1. The van der Waals surface area contributed by atoms with Crippen LogP contribution in [-0.4, -0.2) is 32.0 Å². The highest BCUT2D eigenvalue weighted by molar-refractivity contribution is 8.01. The molecule has 1 aliphatic rings. The molecule has 1 aromatic heterocycles. The number of carbonyl (C=O) groups is 1. The lowest BCUT2D eigenvalue weighted by Gasteiger charge is -2.11. The van der Waals surface area contributed by atoms with Crippen LogP contribution in [0.5, 0.6) is 5.75 Å². The summed E-state index contributed by atoms with van der Waals surface area (Å²) in [6.07, 6.45) is 1.92. The number of carbonyl (C=O) groups excluding carboxylic acids is 1. The van der Waals surface area contributed by atoms with Crippen LogP contribution in [0.4, 0.5) is 5.69 Å². The van der Waals surface area contributed by atoms with Gasteiger partial charge in [-0.15, -0.1) is 11.3 Å². The van der Waals surface area contributed by atoms with Crippen LogP contribution in [0.15, 0.2) is 26.7 Å². The highest BCUT2D eigenvalue weighted by Crippen LogP contribution is 2.41. The number of ketones is 1.